The zero-order valence-electron chi connectivity index (χ0n) is 21.1. The SMILES string of the molecule is C#CC(C(=O)O)([PH](=O)O)C(C)(O)c1c(-c2ccc(F)cc2)cc(-c2cccc3ccccc23)nc1C(C)C. The molecule has 38 heavy (non-hydrogen) atoms. The van der Waals surface area contributed by atoms with E-state index in [1.807, 2.05) is 62.2 Å². The number of aliphatic hydroxyl groups is 1. The van der Waals surface area contributed by atoms with Crippen molar-refractivity contribution in [3.63, 3.8) is 0 Å². The van der Waals surface area contributed by atoms with Crippen LogP contribution in [0.2, 0.25) is 0 Å². The van der Waals surface area contributed by atoms with Crippen LogP contribution in [0.5, 0.6) is 0 Å². The molecule has 4 rings (SSSR count). The smallest absolute Gasteiger partial charge is 0.335 e. The molecule has 0 radical (unpaired) electrons. The first-order chi connectivity index (χ1) is 18.0. The Balaban J connectivity index is 2.18. The third-order valence-electron chi connectivity index (χ3n) is 6.89. The number of carboxylic acids is 1. The number of hydrogen-bond donors (Lipinski definition) is 3. The number of fused-ring (bicyclic) bond motifs is 1. The highest BCUT2D eigenvalue weighted by molar-refractivity contribution is 7.42. The van der Waals surface area contributed by atoms with E-state index in [1.165, 1.54) is 24.3 Å². The second-order valence-electron chi connectivity index (χ2n) is 9.58. The number of carboxylic acid groups (broad SMARTS) is 1. The number of nitrogens with zero attached hydrogens (tertiary/aromatic N) is 1. The summed E-state index contributed by atoms with van der Waals surface area (Å²) in [6, 6.07) is 20.6. The van der Waals surface area contributed by atoms with Crippen molar-refractivity contribution in [2.75, 3.05) is 0 Å². The molecule has 0 bridgehead atoms. The second-order valence-corrected chi connectivity index (χ2v) is 10.9. The van der Waals surface area contributed by atoms with Gasteiger partial charge in [0.15, 0.2) is 0 Å². The number of rotatable bonds is 7. The van der Waals surface area contributed by atoms with Crippen LogP contribution in [0.15, 0.2) is 72.8 Å². The Morgan fingerprint density at radius 3 is 2.26 bits per heavy atom. The lowest BCUT2D eigenvalue weighted by molar-refractivity contribution is -0.145. The first kappa shape index (κ1) is 27.2. The number of carbonyl (C=O) groups is 1. The van der Waals surface area contributed by atoms with Crippen LogP contribution in [-0.2, 0) is 15.0 Å². The van der Waals surface area contributed by atoms with Crippen LogP contribution in [0.25, 0.3) is 33.2 Å². The Hall–Kier alpha value is -3.82. The molecule has 0 amide bonds. The zero-order valence-corrected chi connectivity index (χ0v) is 22.1. The molecular formula is C30H27FNO5P. The van der Waals surface area contributed by atoms with Gasteiger partial charge in [-0.15, -0.1) is 6.42 Å². The van der Waals surface area contributed by atoms with Crippen molar-refractivity contribution in [2.24, 2.45) is 0 Å². The lowest BCUT2D eigenvalue weighted by Crippen LogP contribution is -2.53. The highest BCUT2D eigenvalue weighted by Crippen LogP contribution is 2.52. The van der Waals surface area contributed by atoms with E-state index in [-0.39, 0.29) is 11.5 Å². The Morgan fingerprint density at radius 1 is 1.05 bits per heavy atom. The molecule has 4 aromatic rings. The molecule has 0 aliphatic heterocycles. The van der Waals surface area contributed by atoms with Gasteiger partial charge < -0.3 is 15.1 Å². The Morgan fingerprint density at radius 2 is 1.68 bits per heavy atom. The predicted molar refractivity (Wildman–Crippen MR) is 147 cm³/mol. The van der Waals surface area contributed by atoms with Gasteiger partial charge in [-0.3, -0.25) is 9.55 Å². The van der Waals surface area contributed by atoms with Gasteiger partial charge in [0.05, 0.1) is 11.4 Å². The summed E-state index contributed by atoms with van der Waals surface area (Å²) in [4.78, 5) is 27.5. The monoisotopic (exact) mass is 531 g/mol. The maximum absolute atomic E-state index is 13.9. The zero-order chi connectivity index (χ0) is 27.8. The van der Waals surface area contributed by atoms with E-state index in [9.17, 15) is 28.9 Å². The van der Waals surface area contributed by atoms with Gasteiger partial charge in [-0.2, -0.15) is 0 Å². The first-order valence-electron chi connectivity index (χ1n) is 11.9. The fourth-order valence-corrected chi connectivity index (χ4v) is 5.75. The van der Waals surface area contributed by atoms with Gasteiger partial charge in [0.1, 0.15) is 11.4 Å². The quantitative estimate of drug-likeness (QED) is 0.201. The molecule has 0 aliphatic rings. The second kappa shape index (κ2) is 10.2. The molecule has 0 spiro atoms. The number of hydrogen-bond acceptors (Lipinski definition) is 4. The summed E-state index contributed by atoms with van der Waals surface area (Å²) in [7, 11) is -4.05. The van der Waals surface area contributed by atoms with E-state index in [0.29, 0.717) is 22.5 Å². The van der Waals surface area contributed by atoms with Crippen LogP contribution in [0, 0.1) is 18.2 Å². The lowest BCUT2D eigenvalue weighted by Gasteiger charge is -2.39. The summed E-state index contributed by atoms with van der Waals surface area (Å²) in [5.74, 6) is -0.740. The van der Waals surface area contributed by atoms with Crippen molar-refractivity contribution in [1.82, 2.24) is 4.98 Å². The van der Waals surface area contributed by atoms with Crippen molar-refractivity contribution in [1.29, 1.82) is 0 Å². The predicted octanol–water partition coefficient (Wildman–Crippen LogP) is 5.96. The highest BCUT2D eigenvalue weighted by atomic mass is 31.1. The van der Waals surface area contributed by atoms with Crippen molar-refractivity contribution in [2.45, 2.75) is 37.4 Å². The van der Waals surface area contributed by atoms with E-state index >= 15 is 0 Å². The van der Waals surface area contributed by atoms with Crippen molar-refractivity contribution >= 4 is 24.8 Å². The molecule has 3 N–H and O–H groups in total. The molecule has 1 aromatic heterocycles. The van der Waals surface area contributed by atoms with E-state index < -0.39 is 30.6 Å². The Bertz CT molecular complexity index is 1590. The van der Waals surface area contributed by atoms with Crippen LogP contribution >= 0.6 is 8.03 Å². The van der Waals surface area contributed by atoms with Gasteiger partial charge in [-0.05, 0) is 52.9 Å². The van der Waals surface area contributed by atoms with Crippen LogP contribution in [-0.4, -0.2) is 31.2 Å². The Labute approximate surface area is 220 Å². The molecule has 1 heterocycles. The number of aromatic nitrogens is 1. The van der Waals surface area contributed by atoms with Crippen LogP contribution in [0.3, 0.4) is 0 Å². The summed E-state index contributed by atoms with van der Waals surface area (Å²) in [6.07, 6.45) is 5.56. The third-order valence-corrected chi connectivity index (χ3v) is 8.38. The summed E-state index contributed by atoms with van der Waals surface area (Å²) < 4.78 is 26.4. The van der Waals surface area contributed by atoms with Crippen LogP contribution in [0.1, 0.15) is 37.9 Å². The van der Waals surface area contributed by atoms with Gasteiger partial charge in [0, 0.05) is 11.1 Å². The van der Waals surface area contributed by atoms with Crippen molar-refractivity contribution in [3.8, 4) is 34.7 Å². The highest BCUT2D eigenvalue weighted by Gasteiger charge is 2.60. The topological polar surface area (TPSA) is 108 Å². The van der Waals surface area contributed by atoms with E-state index in [0.717, 1.165) is 23.3 Å². The lowest BCUT2D eigenvalue weighted by atomic mass is 9.76. The molecule has 3 atom stereocenters. The average Bonchev–Trinajstić information content (AvgIpc) is 2.88. The number of aliphatic carboxylic acids is 1. The minimum atomic E-state index is -4.05. The van der Waals surface area contributed by atoms with Gasteiger partial charge in [-0.1, -0.05) is 74.4 Å². The molecular weight excluding hydrogens is 504 g/mol. The maximum Gasteiger partial charge on any atom is 0.335 e. The summed E-state index contributed by atoms with van der Waals surface area (Å²) in [5.41, 5.74) is -0.160. The number of terminal acetylenes is 1. The Kier molecular flexibility index (Phi) is 7.27. The molecule has 0 aliphatic carbocycles. The fourth-order valence-electron chi connectivity index (χ4n) is 4.90. The van der Waals surface area contributed by atoms with Gasteiger partial charge in [0.2, 0.25) is 13.2 Å². The van der Waals surface area contributed by atoms with Crippen LogP contribution < -0.4 is 0 Å². The molecule has 0 saturated carbocycles. The summed E-state index contributed by atoms with van der Waals surface area (Å²) in [6.45, 7) is 4.74. The van der Waals surface area contributed by atoms with E-state index in [1.54, 1.807) is 6.07 Å². The minimum Gasteiger partial charge on any atom is -0.480 e. The van der Waals surface area contributed by atoms with Gasteiger partial charge in [0.25, 0.3) is 0 Å². The first-order valence-corrected chi connectivity index (χ1v) is 13.3. The van der Waals surface area contributed by atoms with E-state index in [2.05, 4.69) is 0 Å². The molecule has 0 fully saturated rings. The van der Waals surface area contributed by atoms with E-state index in [4.69, 9.17) is 11.4 Å². The average molecular weight is 532 g/mol. The third kappa shape index (κ3) is 4.31. The summed E-state index contributed by atoms with van der Waals surface area (Å²) in [5, 5.41) is 21.0. The van der Waals surface area contributed by atoms with Gasteiger partial charge in [-0.25, -0.2) is 9.18 Å². The van der Waals surface area contributed by atoms with Gasteiger partial charge >= 0.3 is 5.97 Å². The summed E-state index contributed by atoms with van der Waals surface area (Å²) >= 11 is 0. The molecule has 6 nitrogen and oxygen atoms in total. The molecule has 0 saturated heterocycles. The van der Waals surface area contributed by atoms with Crippen molar-refractivity contribution in [3.05, 3.63) is 89.9 Å². The minimum absolute atomic E-state index is 0.00385. The van der Waals surface area contributed by atoms with Crippen molar-refractivity contribution < 1.29 is 28.9 Å². The molecule has 3 unspecified atom stereocenters. The number of halogens is 1. The number of benzene rings is 3. The molecule has 3 aromatic carbocycles. The normalized spacial score (nSPS) is 15.4. The van der Waals surface area contributed by atoms with Crippen LogP contribution in [0.4, 0.5) is 4.39 Å². The number of pyridine rings is 1. The standard InChI is InChI=1S/C30H27FNO5P/c1-5-30(28(33)34,38(36)37)29(4,35)26-24(20-13-15-21(31)16-14-20)17-25(32-27(26)18(2)3)23-12-8-10-19-9-6-7-11-22(19)23/h1,6-18,35,38H,2-4H3,(H,33,34)(H,36,37). The molecule has 8 heteroatoms. The largest absolute Gasteiger partial charge is 0.480 e. The maximum atomic E-state index is 13.9. The molecule has 194 valence electrons. The fraction of sp³-hybridized carbons (Fsp3) is 0.200.